The molecule has 0 aliphatic rings. The van der Waals surface area contributed by atoms with Crippen LogP contribution in [0.4, 0.5) is 0 Å². The number of hydrogen-bond donors (Lipinski definition) is 2. The number of phosphoric acid groups is 1. The molecule has 64 heavy (non-hydrogen) atoms. The topological polar surface area (TPSA) is 108 Å². The molecule has 3 unspecified atom stereocenters. The van der Waals surface area contributed by atoms with Crippen molar-refractivity contribution >= 4 is 13.7 Å². The van der Waals surface area contributed by atoms with Crippen LogP contribution in [0.3, 0.4) is 0 Å². The smallest absolute Gasteiger partial charge is 0.268 e. The van der Waals surface area contributed by atoms with Crippen LogP contribution in [0.15, 0.2) is 72.9 Å². The molecule has 372 valence electrons. The van der Waals surface area contributed by atoms with E-state index in [1.807, 2.05) is 21.1 Å². The first-order valence-electron chi connectivity index (χ1n) is 26.3. The molecule has 9 heteroatoms. The van der Waals surface area contributed by atoms with E-state index < -0.39 is 20.0 Å². The summed E-state index contributed by atoms with van der Waals surface area (Å²) in [5, 5.41) is 13.9. The van der Waals surface area contributed by atoms with Crippen molar-refractivity contribution in [1.82, 2.24) is 5.32 Å². The highest BCUT2D eigenvalue weighted by Crippen LogP contribution is 2.38. The Morgan fingerprint density at radius 2 is 0.953 bits per heavy atom. The predicted molar refractivity (Wildman–Crippen MR) is 274 cm³/mol. The first-order valence-corrected chi connectivity index (χ1v) is 27.7. The highest BCUT2D eigenvalue weighted by atomic mass is 31.2. The molecule has 0 aliphatic heterocycles. The summed E-state index contributed by atoms with van der Waals surface area (Å²) in [7, 11) is 1.29. The van der Waals surface area contributed by atoms with Gasteiger partial charge in [-0.3, -0.25) is 9.36 Å². The van der Waals surface area contributed by atoms with Gasteiger partial charge in [-0.15, -0.1) is 0 Å². The maximum absolute atomic E-state index is 12.9. The van der Waals surface area contributed by atoms with Gasteiger partial charge in [-0.1, -0.05) is 222 Å². The molecular weight excluding hydrogens is 816 g/mol. The second kappa shape index (κ2) is 46.1. The van der Waals surface area contributed by atoms with Crippen LogP contribution in [0.1, 0.15) is 219 Å². The maximum atomic E-state index is 12.9. The molecule has 1 amide bonds. The summed E-state index contributed by atoms with van der Waals surface area (Å²) < 4.78 is 23.3. The number of quaternary nitrogens is 1. The number of carbonyl (C=O) groups excluding carboxylic acids is 1. The number of rotatable bonds is 47. The molecule has 0 aromatic rings. The number of aliphatic hydroxyl groups is 1. The van der Waals surface area contributed by atoms with Crippen molar-refractivity contribution < 1.29 is 32.9 Å². The fraction of sp³-hybridized carbons (Fsp3) is 0.764. The number of phosphoric ester groups is 1. The van der Waals surface area contributed by atoms with E-state index in [-0.39, 0.29) is 19.1 Å². The Morgan fingerprint density at radius 3 is 1.39 bits per heavy atom. The van der Waals surface area contributed by atoms with E-state index in [0.717, 1.165) is 83.5 Å². The zero-order chi connectivity index (χ0) is 47.1. The van der Waals surface area contributed by atoms with Crippen LogP contribution in [0, 0.1) is 0 Å². The van der Waals surface area contributed by atoms with Crippen LogP contribution in [-0.4, -0.2) is 68.5 Å². The van der Waals surface area contributed by atoms with E-state index in [1.165, 1.54) is 109 Å². The van der Waals surface area contributed by atoms with Gasteiger partial charge in [0.05, 0.1) is 39.9 Å². The van der Waals surface area contributed by atoms with E-state index in [0.29, 0.717) is 23.9 Å². The fourth-order valence-electron chi connectivity index (χ4n) is 7.34. The van der Waals surface area contributed by atoms with Crippen molar-refractivity contribution in [2.75, 3.05) is 40.9 Å². The minimum Gasteiger partial charge on any atom is -0.756 e. The fourth-order valence-corrected chi connectivity index (χ4v) is 8.06. The Morgan fingerprint density at radius 1 is 0.562 bits per heavy atom. The Balaban J connectivity index is 4.17. The summed E-state index contributed by atoms with van der Waals surface area (Å²) in [4.78, 5) is 25.4. The number of hydrogen-bond acceptors (Lipinski definition) is 6. The summed E-state index contributed by atoms with van der Waals surface area (Å²) in [6.07, 6.45) is 62.0. The Bertz CT molecular complexity index is 1270. The van der Waals surface area contributed by atoms with Crippen LogP contribution in [-0.2, 0) is 18.4 Å². The lowest BCUT2D eigenvalue weighted by atomic mass is 10.0. The standard InChI is InChI=1S/C55H101N2O6P/c1-6-8-10-12-14-16-18-20-21-22-23-24-25-26-27-28-29-30-31-32-33-34-35-37-39-41-43-45-47-49-55(59)56-53(52-63-64(60,61)62-51-50-57(3,4)5)54(58)48-46-44-42-40-38-36-19-17-15-13-11-9-7-2/h8,10,14,16,20-21,23-24,26-27,29-30,53-54,58H,6-7,9,11-13,15,17-19,22,25,28,31-52H2,1-5H3,(H-,56,59,60,61)/b10-8-,16-14-,21-20-,24-23-,27-26-,30-29-. The monoisotopic (exact) mass is 917 g/mol. The molecule has 0 spiro atoms. The number of amides is 1. The van der Waals surface area contributed by atoms with Gasteiger partial charge in [-0.25, -0.2) is 0 Å². The van der Waals surface area contributed by atoms with E-state index in [9.17, 15) is 19.4 Å². The van der Waals surface area contributed by atoms with Gasteiger partial charge in [-0.05, 0) is 64.2 Å². The van der Waals surface area contributed by atoms with Crippen molar-refractivity contribution in [3.63, 3.8) is 0 Å². The van der Waals surface area contributed by atoms with Crippen LogP contribution in [0.25, 0.3) is 0 Å². The summed E-state index contributed by atoms with van der Waals surface area (Å²) in [6, 6.07) is -0.806. The van der Waals surface area contributed by atoms with Crippen molar-refractivity contribution in [2.45, 2.75) is 231 Å². The van der Waals surface area contributed by atoms with Crippen LogP contribution >= 0.6 is 7.82 Å². The third-order valence-corrected chi connectivity index (χ3v) is 12.4. The number of likely N-dealkylation sites (N-methyl/N-ethyl adjacent to an activating group) is 1. The molecule has 0 aliphatic carbocycles. The van der Waals surface area contributed by atoms with Gasteiger partial charge >= 0.3 is 0 Å². The molecule has 0 aromatic carbocycles. The van der Waals surface area contributed by atoms with Gasteiger partial charge in [0.1, 0.15) is 13.2 Å². The number of nitrogens with zero attached hydrogens (tertiary/aromatic N) is 1. The highest BCUT2D eigenvalue weighted by Gasteiger charge is 2.24. The second-order valence-electron chi connectivity index (χ2n) is 18.9. The maximum Gasteiger partial charge on any atom is 0.268 e. The lowest BCUT2D eigenvalue weighted by Gasteiger charge is -2.30. The van der Waals surface area contributed by atoms with Crippen LogP contribution < -0.4 is 10.2 Å². The molecule has 0 saturated carbocycles. The van der Waals surface area contributed by atoms with Gasteiger partial charge in [0.2, 0.25) is 5.91 Å². The molecule has 0 heterocycles. The Hall–Kier alpha value is -2.06. The first kappa shape index (κ1) is 61.9. The van der Waals surface area contributed by atoms with Gasteiger partial charge in [0.25, 0.3) is 7.82 Å². The second-order valence-corrected chi connectivity index (χ2v) is 20.3. The minimum absolute atomic E-state index is 0.00848. The Kier molecular flexibility index (Phi) is 44.6. The molecule has 8 nitrogen and oxygen atoms in total. The van der Waals surface area contributed by atoms with E-state index in [1.54, 1.807) is 0 Å². The quantitative estimate of drug-likeness (QED) is 0.0272. The third kappa shape index (κ3) is 47.9. The van der Waals surface area contributed by atoms with Crippen molar-refractivity contribution in [3.05, 3.63) is 72.9 Å². The molecule has 0 saturated heterocycles. The molecule has 3 atom stereocenters. The lowest BCUT2D eigenvalue weighted by Crippen LogP contribution is -2.46. The van der Waals surface area contributed by atoms with Gasteiger partial charge < -0.3 is 28.8 Å². The highest BCUT2D eigenvalue weighted by molar-refractivity contribution is 7.45. The zero-order valence-corrected chi connectivity index (χ0v) is 43.1. The first-order chi connectivity index (χ1) is 31.0. The van der Waals surface area contributed by atoms with Crippen LogP contribution in [0.2, 0.25) is 0 Å². The average Bonchev–Trinajstić information content (AvgIpc) is 3.25. The largest absolute Gasteiger partial charge is 0.756 e. The summed E-state index contributed by atoms with van der Waals surface area (Å²) in [5.74, 6) is -0.172. The molecule has 0 rings (SSSR count). The molecular formula is C55H101N2O6P. The molecule has 0 radical (unpaired) electrons. The number of nitrogens with one attached hydrogen (secondary N) is 1. The van der Waals surface area contributed by atoms with Crippen molar-refractivity contribution in [2.24, 2.45) is 0 Å². The number of carbonyl (C=O) groups is 1. The summed E-state index contributed by atoms with van der Waals surface area (Å²) in [5.41, 5.74) is 0. The van der Waals surface area contributed by atoms with Gasteiger partial charge in [0.15, 0.2) is 0 Å². The van der Waals surface area contributed by atoms with Gasteiger partial charge in [0, 0.05) is 6.42 Å². The summed E-state index contributed by atoms with van der Waals surface area (Å²) in [6.45, 7) is 4.60. The number of allylic oxidation sites excluding steroid dienone is 12. The van der Waals surface area contributed by atoms with Crippen LogP contribution in [0.5, 0.6) is 0 Å². The zero-order valence-electron chi connectivity index (χ0n) is 42.2. The van der Waals surface area contributed by atoms with Crippen molar-refractivity contribution in [1.29, 1.82) is 0 Å². The predicted octanol–water partition coefficient (Wildman–Crippen LogP) is 14.9. The molecule has 0 aromatic heterocycles. The van der Waals surface area contributed by atoms with E-state index in [4.69, 9.17) is 9.05 Å². The normalized spacial score (nSPS) is 14.7. The van der Waals surface area contributed by atoms with E-state index in [2.05, 4.69) is 92.1 Å². The lowest BCUT2D eigenvalue weighted by molar-refractivity contribution is -0.870. The third-order valence-electron chi connectivity index (χ3n) is 11.5. The summed E-state index contributed by atoms with van der Waals surface area (Å²) >= 11 is 0. The average molecular weight is 917 g/mol. The molecule has 2 N–H and O–H groups in total. The molecule has 0 bridgehead atoms. The van der Waals surface area contributed by atoms with E-state index >= 15 is 0 Å². The Labute approximate surface area is 395 Å². The van der Waals surface area contributed by atoms with Crippen molar-refractivity contribution in [3.8, 4) is 0 Å². The van der Waals surface area contributed by atoms with Gasteiger partial charge in [-0.2, -0.15) is 0 Å². The number of unbranched alkanes of at least 4 members (excludes halogenated alkanes) is 22. The molecule has 0 fully saturated rings. The SMILES string of the molecule is CC/C=C\C/C=C\C/C=C\C/C=C\C/C=C\C/C=C\CCCCCCCCCCCCC(=O)NC(COP(=O)([O-])OCC[N+](C)(C)C)C(O)CCCCCCCCCCCCCCC. The minimum atomic E-state index is -4.57. The number of aliphatic hydroxyl groups excluding tert-OH is 1.